The number of aliphatic hydroxyl groups is 1. The van der Waals surface area contributed by atoms with Gasteiger partial charge in [0.2, 0.25) is 0 Å². The molecule has 3 rings (SSSR count). The van der Waals surface area contributed by atoms with Crippen LogP contribution in [0, 0.1) is 0 Å². The lowest BCUT2D eigenvalue weighted by atomic mass is 10.1. The highest BCUT2D eigenvalue weighted by molar-refractivity contribution is 7.13. The number of pyridine rings is 1. The van der Waals surface area contributed by atoms with Crippen molar-refractivity contribution in [1.29, 1.82) is 0 Å². The molecule has 0 aliphatic carbocycles. The van der Waals surface area contributed by atoms with E-state index in [0.29, 0.717) is 5.56 Å². The molecule has 4 nitrogen and oxygen atoms in total. The Balaban J connectivity index is 1.75. The maximum absolute atomic E-state index is 12.4. The van der Waals surface area contributed by atoms with E-state index in [1.807, 2.05) is 53.9 Å². The van der Waals surface area contributed by atoms with Gasteiger partial charge in [0.25, 0.3) is 5.91 Å². The van der Waals surface area contributed by atoms with E-state index in [4.69, 9.17) is 0 Å². The van der Waals surface area contributed by atoms with Crippen LogP contribution in [0.1, 0.15) is 22.0 Å². The maximum Gasteiger partial charge on any atom is 0.252 e. The minimum atomic E-state index is -0.412. The first kappa shape index (κ1) is 15.4. The molecule has 1 amide bonds. The lowest BCUT2D eigenvalue weighted by Gasteiger charge is -2.16. The molecule has 2 aromatic heterocycles. The molecule has 3 aromatic rings. The number of benzene rings is 1. The van der Waals surface area contributed by atoms with E-state index in [0.717, 1.165) is 16.0 Å². The van der Waals surface area contributed by atoms with Crippen LogP contribution in [-0.4, -0.2) is 22.6 Å². The largest absolute Gasteiger partial charge is 0.394 e. The van der Waals surface area contributed by atoms with Gasteiger partial charge in [-0.1, -0.05) is 36.4 Å². The number of hydrogen-bond acceptors (Lipinski definition) is 4. The first-order valence-electron chi connectivity index (χ1n) is 7.23. The normalized spacial score (nSPS) is 11.9. The van der Waals surface area contributed by atoms with Crippen LogP contribution >= 0.6 is 11.3 Å². The fraction of sp³-hybridized carbons (Fsp3) is 0.111. The fourth-order valence-corrected chi connectivity index (χ4v) is 3.16. The summed E-state index contributed by atoms with van der Waals surface area (Å²) in [6.07, 6.45) is 3.49. The topological polar surface area (TPSA) is 62.2 Å². The Morgan fingerprint density at radius 1 is 1.22 bits per heavy atom. The number of thiophene rings is 1. The van der Waals surface area contributed by atoms with Gasteiger partial charge in [0.05, 0.1) is 18.2 Å². The predicted molar refractivity (Wildman–Crippen MR) is 91.3 cm³/mol. The van der Waals surface area contributed by atoms with Crippen LogP contribution in [0.15, 0.2) is 66.3 Å². The Kier molecular flexibility index (Phi) is 4.80. The van der Waals surface area contributed by atoms with E-state index in [1.165, 1.54) is 11.3 Å². The number of aliphatic hydroxyl groups excluding tert-OH is 1. The van der Waals surface area contributed by atoms with Crippen molar-refractivity contribution in [2.45, 2.75) is 6.04 Å². The van der Waals surface area contributed by atoms with E-state index >= 15 is 0 Å². The van der Waals surface area contributed by atoms with Crippen molar-refractivity contribution in [3.63, 3.8) is 0 Å². The van der Waals surface area contributed by atoms with Crippen LogP contribution in [0.4, 0.5) is 0 Å². The Hall–Kier alpha value is -2.50. The molecule has 1 atom stereocenters. The smallest absolute Gasteiger partial charge is 0.252 e. The zero-order valence-electron chi connectivity index (χ0n) is 12.3. The summed E-state index contributed by atoms with van der Waals surface area (Å²) in [6, 6.07) is 14.7. The maximum atomic E-state index is 12.4. The number of nitrogens with one attached hydrogen (secondary N) is 1. The Morgan fingerprint density at radius 3 is 2.74 bits per heavy atom. The van der Waals surface area contributed by atoms with Crippen molar-refractivity contribution in [3.05, 3.63) is 77.4 Å². The quantitative estimate of drug-likeness (QED) is 0.757. The van der Waals surface area contributed by atoms with Gasteiger partial charge in [0.15, 0.2) is 0 Å². The Morgan fingerprint density at radius 2 is 2.04 bits per heavy atom. The van der Waals surface area contributed by atoms with Gasteiger partial charge in [-0.15, -0.1) is 11.3 Å². The van der Waals surface area contributed by atoms with E-state index in [9.17, 15) is 9.90 Å². The molecule has 0 spiro atoms. The van der Waals surface area contributed by atoms with Gasteiger partial charge >= 0.3 is 0 Å². The van der Waals surface area contributed by atoms with Crippen molar-refractivity contribution in [2.24, 2.45) is 0 Å². The summed E-state index contributed by atoms with van der Waals surface area (Å²) < 4.78 is 0. The first-order valence-corrected chi connectivity index (χ1v) is 8.11. The average molecular weight is 324 g/mol. The molecule has 0 fully saturated rings. The van der Waals surface area contributed by atoms with Crippen molar-refractivity contribution in [2.75, 3.05) is 6.61 Å². The van der Waals surface area contributed by atoms with E-state index < -0.39 is 6.04 Å². The second-order valence-corrected chi connectivity index (χ2v) is 5.97. The minimum Gasteiger partial charge on any atom is -0.394 e. The molecule has 2 heterocycles. The molecular formula is C18H16N2O2S. The SMILES string of the molecule is O=C(N[C@@H](CO)c1ccccc1)c1csc(-c2cccnc2)c1. The Bertz CT molecular complexity index is 772. The molecule has 23 heavy (non-hydrogen) atoms. The van der Waals surface area contributed by atoms with Gasteiger partial charge in [-0.25, -0.2) is 0 Å². The third-order valence-electron chi connectivity index (χ3n) is 3.50. The van der Waals surface area contributed by atoms with Crippen LogP contribution < -0.4 is 5.32 Å². The van der Waals surface area contributed by atoms with Crippen molar-refractivity contribution < 1.29 is 9.90 Å². The van der Waals surface area contributed by atoms with Gasteiger partial charge in [0.1, 0.15) is 0 Å². The van der Waals surface area contributed by atoms with Crippen LogP contribution in [0.5, 0.6) is 0 Å². The average Bonchev–Trinajstić information content (AvgIpc) is 3.11. The van der Waals surface area contributed by atoms with Gasteiger partial charge in [-0.2, -0.15) is 0 Å². The highest BCUT2D eigenvalue weighted by atomic mass is 32.1. The number of aromatic nitrogens is 1. The number of carbonyl (C=O) groups excluding carboxylic acids is 1. The third-order valence-corrected chi connectivity index (χ3v) is 4.48. The lowest BCUT2D eigenvalue weighted by molar-refractivity contribution is 0.0916. The van der Waals surface area contributed by atoms with Crippen LogP contribution in [0.3, 0.4) is 0 Å². The number of nitrogens with zero attached hydrogens (tertiary/aromatic N) is 1. The molecule has 2 N–H and O–H groups in total. The molecule has 0 aliphatic heterocycles. The number of amides is 1. The van der Waals surface area contributed by atoms with E-state index in [-0.39, 0.29) is 12.5 Å². The minimum absolute atomic E-state index is 0.143. The monoisotopic (exact) mass is 324 g/mol. The number of carbonyl (C=O) groups is 1. The summed E-state index contributed by atoms with van der Waals surface area (Å²) >= 11 is 1.50. The van der Waals surface area contributed by atoms with Crippen LogP contribution in [-0.2, 0) is 0 Å². The zero-order chi connectivity index (χ0) is 16.1. The Labute approximate surface area is 138 Å². The van der Waals surface area contributed by atoms with Crippen LogP contribution in [0.2, 0.25) is 0 Å². The predicted octanol–water partition coefficient (Wildman–Crippen LogP) is 3.27. The molecule has 0 unspecified atom stereocenters. The molecule has 0 bridgehead atoms. The number of hydrogen-bond donors (Lipinski definition) is 2. The van der Waals surface area contributed by atoms with Crippen molar-refractivity contribution in [3.8, 4) is 10.4 Å². The molecule has 0 saturated heterocycles. The summed E-state index contributed by atoms with van der Waals surface area (Å²) in [5.41, 5.74) is 2.45. The van der Waals surface area contributed by atoms with Gasteiger partial charge in [-0.3, -0.25) is 9.78 Å². The summed E-state index contributed by atoms with van der Waals surface area (Å²) in [6.45, 7) is -0.143. The van der Waals surface area contributed by atoms with Gasteiger partial charge < -0.3 is 10.4 Å². The molecule has 0 aliphatic rings. The fourth-order valence-electron chi connectivity index (χ4n) is 2.28. The van der Waals surface area contributed by atoms with Crippen molar-refractivity contribution >= 4 is 17.2 Å². The van der Waals surface area contributed by atoms with Crippen LogP contribution in [0.25, 0.3) is 10.4 Å². The summed E-state index contributed by atoms with van der Waals surface area (Å²) in [5.74, 6) is -0.195. The summed E-state index contributed by atoms with van der Waals surface area (Å²) in [7, 11) is 0. The van der Waals surface area contributed by atoms with E-state index in [2.05, 4.69) is 10.3 Å². The summed E-state index contributed by atoms with van der Waals surface area (Å²) in [4.78, 5) is 17.5. The second-order valence-electron chi connectivity index (χ2n) is 5.06. The summed E-state index contributed by atoms with van der Waals surface area (Å²) in [5, 5.41) is 14.2. The molecule has 0 radical (unpaired) electrons. The molecule has 116 valence electrons. The van der Waals surface area contributed by atoms with Crippen molar-refractivity contribution in [1.82, 2.24) is 10.3 Å². The highest BCUT2D eigenvalue weighted by Gasteiger charge is 2.16. The molecule has 1 aromatic carbocycles. The molecule has 5 heteroatoms. The second kappa shape index (κ2) is 7.17. The lowest BCUT2D eigenvalue weighted by Crippen LogP contribution is -2.30. The molecule has 0 saturated carbocycles. The van der Waals surface area contributed by atoms with E-state index in [1.54, 1.807) is 12.4 Å². The third kappa shape index (κ3) is 3.64. The standard InChI is InChI=1S/C18H16N2O2S/c21-11-16(13-5-2-1-3-6-13)20-18(22)15-9-17(23-12-15)14-7-4-8-19-10-14/h1-10,12,16,21H,11H2,(H,20,22)/t16-/m0/s1. The molecular weight excluding hydrogens is 308 g/mol. The first-order chi connectivity index (χ1) is 11.3. The van der Waals surface area contributed by atoms with Gasteiger partial charge in [-0.05, 0) is 17.7 Å². The zero-order valence-corrected chi connectivity index (χ0v) is 13.2. The van der Waals surface area contributed by atoms with Gasteiger partial charge in [0, 0.05) is 28.2 Å². The highest BCUT2D eigenvalue weighted by Crippen LogP contribution is 2.26. The number of rotatable bonds is 5.